The highest BCUT2D eigenvalue weighted by Gasteiger charge is 1.95. The van der Waals surface area contributed by atoms with E-state index >= 15 is 0 Å². The van der Waals surface area contributed by atoms with Crippen molar-refractivity contribution in [2.75, 3.05) is 0 Å². The van der Waals surface area contributed by atoms with Crippen molar-refractivity contribution in [2.24, 2.45) is 11.8 Å². The molecule has 0 bridgehead atoms. The predicted molar refractivity (Wildman–Crippen MR) is 83.6 cm³/mol. The monoisotopic (exact) mass is 250 g/mol. The lowest BCUT2D eigenvalue weighted by molar-refractivity contribution is 0.508. The fourth-order valence-electron chi connectivity index (χ4n) is 2.10. The van der Waals surface area contributed by atoms with Gasteiger partial charge >= 0.3 is 0 Å². The minimum Gasteiger partial charge on any atom is -0.103 e. The molecule has 0 rings (SSSR count). The summed E-state index contributed by atoms with van der Waals surface area (Å²) in [5, 5.41) is 0. The molecule has 0 heterocycles. The van der Waals surface area contributed by atoms with Crippen molar-refractivity contribution in [2.45, 2.75) is 91.9 Å². The van der Waals surface area contributed by atoms with Gasteiger partial charge in [0.25, 0.3) is 0 Å². The van der Waals surface area contributed by atoms with E-state index in [9.17, 15) is 0 Å². The van der Waals surface area contributed by atoms with E-state index < -0.39 is 0 Å². The van der Waals surface area contributed by atoms with Gasteiger partial charge in [0.15, 0.2) is 0 Å². The molecule has 0 nitrogen and oxygen atoms in total. The molecule has 0 aromatic heterocycles. The fourth-order valence-corrected chi connectivity index (χ4v) is 2.10. The maximum atomic E-state index is 3.26. The Kier molecular flexibility index (Phi) is 12.7. The van der Waals surface area contributed by atoms with Gasteiger partial charge in [-0.15, -0.1) is 11.8 Å². The molecule has 0 aliphatic heterocycles. The van der Waals surface area contributed by atoms with Crippen LogP contribution in [0.4, 0.5) is 0 Å². The first kappa shape index (κ1) is 17.6. The zero-order valence-electron chi connectivity index (χ0n) is 13.2. The maximum Gasteiger partial charge on any atom is 0.0146 e. The molecule has 106 valence electrons. The Morgan fingerprint density at radius 1 is 0.667 bits per heavy atom. The van der Waals surface area contributed by atoms with Gasteiger partial charge in [0, 0.05) is 12.3 Å². The van der Waals surface area contributed by atoms with Crippen LogP contribution in [0.15, 0.2) is 0 Å². The minimum atomic E-state index is 0.538. The molecule has 0 aliphatic rings. The number of unbranched alkanes of at least 4 members (excludes halogenated alkanes) is 8. The van der Waals surface area contributed by atoms with Crippen molar-refractivity contribution >= 4 is 0 Å². The van der Waals surface area contributed by atoms with Crippen molar-refractivity contribution in [3.63, 3.8) is 0 Å². The molecule has 0 unspecified atom stereocenters. The van der Waals surface area contributed by atoms with Crippen molar-refractivity contribution in [3.8, 4) is 11.8 Å². The molecule has 0 saturated carbocycles. The van der Waals surface area contributed by atoms with Crippen LogP contribution in [0.5, 0.6) is 0 Å². The third-order valence-corrected chi connectivity index (χ3v) is 3.22. The van der Waals surface area contributed by atoms with Crippen molar-refractivity contribution < 1.29 is 0 Å². The van der Waals surface area contributed by atoms with Crippen LogP contribution in [0, 0.1) is 23.7 Å². The van der Waals surface area contributed by atoms with Gasteiger partial charge in [-0.1, -0.05) is 79.1 Å². The van der Waals surface area contributed by atoms with Crippen LogP contribution in [0.3, 0.4) is 0 Å². The van der Waals surface area contributed by atoms with E-state index in [1.807, 2.05) is 0 Å². The van der Waals surface area contributed by atoms with E-state index in [0.29, 0.717) is 5.92 Å². The van der Waals surface area contributed by atoms with Crippen LogP contribution < -0.4 is 0 Å². The Balaban J connectivity index is 3.06. The Morgan fingerprint density at radius 3 is 1.67 bits per heavy atom. The van der Waals surface area contributed by atoms with E-state index in [1.165, 1.54) is 57.8 Å². The van der Waals surface area contributed by atoms with Crippen LogP contribution in [0.1, 0.15) is 91.9 Å². The van der Waals surface area contributed by atoms with Gasteiger partial charge in [0.1, 0.15) is 0 Å². The van der Waals surface area contributed by atoms with Gasteiger partial charge in [-0.2, -0.15) is 0 Å². The molecule has 0 atom stereocenters. The van der Waals surface area contributed by atoms with Crippen LogP contribution >= 0.6 is 0 Å². The SMILES string of the molecule is CC(C)C#CCCCCCCCCCCC(C)C. The largest absolute Gasteiger partial charge is 0.103 e. The summed E-state index contributed by atoms with van der Waals surface area (Å²) in [6.07, 6.45) is 13.8. The average molecular weight is 250 g/mol. The minimum absolute atomic E-state index is 0.538. The quantitative estimate of drug-likeness (QED) is 0.320. The summed E-state index contributed by atoms with van der Waals surface area (Å²) in [5.74, 6) is 7.92. The number of rotatable bonds is 10. The lowest BCUT2D eigenvalue weighted by Crippen LogP contribution is -1.87. The molecule has 0 radical (unpaired) electrons. The van der Waals surface area contributed by atoms with Crippen LogP contribution in [0.25, 0.3) is 0 Å². The van der Waals surface area contributed by atoms with Crippen molar-refractivity contribution in [1.82, 2.24) is 0 Å². The summed E-state index contributed by atoms with van der Waals surface area (Å²) in [6, 6.07) is 0. The first-order chi connectivity index (χ1) is 8.63. The smallest absolute Gasteiger partial charge is 0.0146 e. The lowest BCUT2D eigenvalue weighted by atomic mass is 10.0. The van der Waals surface area contributed by atoms with Crippen LogP contribution in [0.2, 0.25) is 0 Å². The van der Waals surface area contributed by atoms with Gasteiger partial charge in [-0.05, 0) is 12.3 Å². The second-order valence-electron chi connectivity index (χ2n) is 6.24. The molecule has 0 fully saturated rings. The molecule has 0 aromatic rings. The first-order valence-electron chi connectivity index (χ1n) is 8.11. The first-order valence-corrected chi connectivity index (χ1v) is 8.11. The average Bonchev–Trinajstić information content (AvgIpc) is 2.29. The highest BCUT2D eigenvalue weighted by Crippen LogP contribution is 2.12. The standard InChI is InChI=1S/C18H34/c1-17(2)15-13-11-9-7-5-6-8-10-12-14-16-18(3)4/h17-18H,5-13,15H2,1-4H3. The fraction of sp³-hybridized carbons (Fsp3) is 0.889. The summed E-state index contributed by atoms with van der Waals surface area (Å²) >= 11 is 0. The Bertz CT molecular complexity index is 214. The maximum absolute atomic E-state index is 3.26. The Labute approximate surface area is 116 Å². The third kappa shape index (κ3) is 15.6. The van der Waals surface area contributed by atoms with Crippen LogP contribution in [-0.4, -0.2) is 0 Å². The number of hydrogen-bond donors (Lipinski definition) is 0. The highest BCUT2D eigenvalue weighted by molar-refractivity contribution is 5.00. The Hall–Kier alpha value is -0.440. The highest BCUT2D eigenvalue weighted by atomic mass is 14.0. The van der Waals surface area contributed by atoms with Gasteiger partial charge in [-0.25, -0.2) is 0 Å². The summed E-state index contributed by atoms with van der Waals surface area (Å²) < 4.78 is 0. The van der Waals surface area contributed by atoms with Gasteiger partial charge < -0.3 is 0 Å². The van der Waals surface area contributed by atoms with Gasteiger partial charge in [0.05, 0.1) is 0 Å². The summed E-state index contributed by atoms with van der Waals surface area (Å²) in [5.41, 5.74) is 0. The van der Waals surface area contributed by atoms with Gasteiger partial charge in [0.2, 0.25) is 0 Å². The van der Waals surface area contributed by atoms with E-state index in [4.69, 9.17) is 0 Å². The second-order valence-corrected chi connectivity index (χ2v) is 6.24. The molecule has 0 aromatic carbocycles. The van der Waals surface area contributed by atoms with Crippen LogP contribution in [-0.2, 0) is 0 Å². The molecule has 0 N–H and O–H groups in total. The Morgan fingerprint density at radius 2 is 1.17 bits per heavy atom. The third-order valence-electron chi connectivity index (χ3n) is 3.22. The van der Waals surface area contributed by atoms with E-state index in [0.717, 1.165) is 12.3 Å². The molecule has 0 aliphatic carbocycles. The predicted octanol–water partition coefficient (Wildman–Crippen LogP) is 6.20. The summed E-state index contributed by atoms with van der Waals surface area (Å²) in [4.78, 5) is 0. The molecule has 0 heteroatoms. The van der Waals surface area contributed by atoms with E-state index in [1.54, 1.807) is 0 Å². The molecular formula is C18H34. The molecule has 0 amide bonds. The normalized spacial score (nSPS) is 10.8. The van der Waals surface area contributed by atoms with E-state index in [2.05, 4.69) is 39.5 Å². The molecule has 18 heavy (non-hydrogen) atoms. The zero-order chi connectivity index (χ0) is 13.6. The zero-order valence-corrected chi connectivity index (χ0v) is 13.2. The van der Waals surface area contributed by atoms with Gasteiger partial charge in [-0.3, -0.25) is 0 Å². The summed E-state index contributed by atoms with van der Waals surface area (Å²) in [6.45, 7) is 8.96. The lowest BCUT2D eigenvalue weighted by Gasteiger charge is -2.04. The number of hydrogen-bond acceptors (Lipinski definition) is 0. The molecule has 0 saturated heterocycles. The van der Waals surface area contributed by atoms with Crippen molar-refractivity contribution in [3.05, 3.63) is 0 Å². The molecule has 0 spiro atoms. The molecular weight excluding hydrogens is 216 g/mol. The summed E-state index contributed by atoms with van der Waals surface area (Å²) in [7, 11) is 0. The van der Waals surface area contributed by atoms with E-state index in [-0.39, 0.29) is 0 Å². The van der Waals surface area contributed by atoms with Crippen molar-refractivity contribution in [1.29, 1.82) is 0 Å². The topological polar surface area (TPSA) is 0 Å². The second kappa shape index (κ2) is 13.0.